The number of fused-ring (bicyclic) bond motifs is 1. The zero-order valence-electron chi connectivity index (χ0n) is 17.2. The zero-order chi connectivity index (χ0) is 21.5. The number of likely N-dealkylation sites (tertiary alicyclic amines) is 1. The van der Waals surface area contributed by atoms with E-state index in [2.05, 4.69) is 9.97 Å². The second-order valence-corrected chi connectivity index (χ2v) is 8.79. The molecule has 1 atom stereocenters. The van der Waals surface area contributed by atoms with Crippen LogP contribution >= 0.6 is 11.3 Å². The normalized spacial score (nSPS) is 16.2. The van der Waals surface area contributed by atoms with Gasteiger partial charge in [-0.2, -0.15) is 0 Å². The zero-order valence-corrected chi connectivity index (χ0v) is 18.0. The molecule has 1 fully saturated rings. The number of halogens is 1. The molecule has 8 heteroatoms. The van der Waals surface area contributed by atoms with Crippen LogP contribution in [-0.2, 0) is 0 Å². The van der Waals surface area contributed by atoms with E-state index < -0.39 is 0 Å². The van der Waals surface area contributed by atoms with E-state index >= 15 is 0 Å². The van der Waals surface area contributed by atoms with Gasteiger partial charge in [-0.15, -0.1) is 11.3 Å². The Bertz CT molecular complexity index is 1280. The first-order valence-corrected chi connectivity index (χ1v) is 10.9. The number of carbonyl (C=O) groups excluding carboxylic acids is 1. The summed E-state index contributed by atoms with van der Waals surface area (Å²) < 4.78 is 19.1. The fourth-order valence-corrected chi connectivity index (χ4v) is 5.03. The van der Waals surface area contributed by atoms with Crippen LogP contribution in [0.4, 0.5) is 4.39 Å². The molecule has 6 nitrogen and oxygen atoms in total. The minimum atomic E-state index is -0.335. The van der Waals surface area contributed by atoms with Gasteiger partial charge < -0.3 is 14.6 Å². The van der Waals surface area contributed by atoms with Gasteiger partial charge >= 0.3 is 0 Å². The third-order valence-electron chi connectivity index (χ3n) is 5.56. The van der Waals surface area contributed by atoms with Crippen LogP contribution in [0, 0.1) is 12.7 Å². The van der Waals surface area contributed by atoms with Gasteiger partial charge in [0.1, 0.15) is 23.1 Å². The molecule has 0 spiro atoms. The van der Waals surface area contributed by atoms with Gasteiger partial charge in [0.25, 0.3) is 5.91 Å². The monoisotopic (exact) mass is 436 g/mol. The van der Waals surface area contributed by atoms with Crippen LogP contribution in [0.1, 0.15) is 40.2 Å². The summed E-state index contributed by atoms with van der Waals surface area (Å²) in [5, 5.41) is 0.772. The average molecular weight is 437 g/mol. The largest absolute Gasteiger partial charge is 0.497 e. The minimum absolute atomic E-state index is 0.149. The number of carbonyl (C=O) groups is 1. The Morgan fingerprint density at radius 1 is 1.26 bits per heavy atom. The summed E-state index contributed by atoms with van der Waals surface area (Å²) in [5.74, 6) is 1.02. The summed E-state index contributed by atoms with van der Waals surface area (Å²) in [6.07, 6.45) is 1.70. The Hall–Kier alpha value is -3.26. The highest BCUT2D eigenvalue weighted by Gasteiger charge is 2.35. The van der Waals surface area contributed by atoms with Crippen molar-refractivity contribution in [1.82, 2.24) is 19.9 Å². The first kappa shape index (κ1) is 19.7. The highest BCUT2D eigenvalue weighted by atomic mass is 32.1. The average Bonchev–Trinajstić information content (AvgIpc) is 3.49. The van der Waals surface area contributed by atoms with Crippen molar-refractivity contribution in [1.29, 1.82) is 0 Å². The standard InChI is InChI=1S/C23H21FN4O2S/c1-13-25-20(21(31-13)14-5-3-6-15(24)11-14)23(29)28-10-4-7-19(28)22-26-17-9-8-16(30-2)12-18(17)27-22/h3,5-6,8-9,11-12,19H,4,7,10H2,1-2H3,(H,26,27). The number of rotatable bonds is 4. The quantitative estimate of drug-likeness (QED) is 0.482. The predicted molar refractivity (Wildman–Crippen MR) is 118 cm³/mol. The van der Waals surface area contributed by atoms with Crippen LogP contribution < -0.4 is 4.74 Å². The third kappa shape index (κ3) is 3.57. The molecular weight excluding hydrogens is 415 g/mol. The van der Waals surface area contributed by atoms with Crippen LogP contribution in [-0.4, -0.2) is 39.4 Å². The molecule has 158 valence electrons. The molecule has 0 aliphatic carbocycles. The lowest BCUT2D eigenvalue weighted by Gasteiger charge is -2.22. The summed E-state index contributed by atoms with van der Waals surface area (Å²) in [6, 6.07) is 11.8. The van der Waals surface area contributed by atoms with Gasteiger partial charge in [0.05, 0.1) is 34.1 Å². The van der Waals surface area contributed by atoms with Gasteiger partial charge in [-0.05, 0) is 49.6 Å². The number of hydrogen-bond acceptors (Lipinski definition) is 5. The second kappa shape index (κ2) is 7.77. The Balaban J connectivity index is 1.50. The Morgan fingerprint density at radius 3 is 2.94 bits per heavy atom. The summed E-state index contributed by atoms with van der Waals surface area (Å²) in [7, 11) is 1.63. The summed E-state index contributed by atoms with van der Waals surface area (Å²) in [4.78, 5) is 28.7. The Labute approximate surface area is 182 Å². The van der Waals surface area contributed by atoms with E-state index in [0.29, 0.717) is 22.7 Å². The van der Waals surface area contributed by atoms with Gasteiger partial charge in [-0.25, -0.2) is 14.4 Å². The molecule has 0 radical (unpaired) electrons. The van der Waals surface area contributed by atoms with Crippen molar-refractivity contribution in [2.75, 3.05) is 13.7 Å². The number of imidazole rings is 1. The van der Waals surface area contributed by atoms with Crippen molar-refractivity contribution in [3.63, 3.8) is 0 Å². The van der Waals surface area contributed by atoms with Crippen molar-refractivity contribution in [3.05, 3.63) is 64.8 Å². The first-order valence-electron chi connectivity index (χ1n) is 10.1. The lowest BCUT2D eigenvalue weighted by molar-refractivity contribution is 0.0726. The van der Waals surface area contributed by atoms with E-state index in [1.54, 1.807) is 19.2 Å². The lowest BCUT2D eigenvalue weighted by Crippen LogP contribution is -2.31. The number of methoxy groups -OCH3 is 1. The molecule has 1 aliphatic heterocycles. The van der Waals surface area contributed by atoms with Gasteiger partial charge in [-0.1, -0.05) is 12.1 Å². The topological polar surface area (TPSA) is 71.1 Å². The van der Waals surface area contributed by atoms with E-state index in [9.17, 15) is 9.18 Å². The van der Waals surface area contributed by atoms with Gasteiger partial charge in [0, 0.05) is 12.6 Å². The number of aromatic amines is 1. The number of H-pyrrole nitrogens is 1. The van der Waals surface area contributed by atoms with Crippen LogP contribution in [0.15, 0.2) is 42.5 Å². The maximum atomic E-state index is 13.8. The molecule has 31 heavy (non-hydrogen) atoms. The Morgan fingerprint density at radius 2 is 2.13 bits per heavy atom. The van der Waals surface area contributed by atoms with E-state index in [1.807, 2.05) is 30.0 Å². The van der Waals surface area contributed by atoms with Gasteiger partial charge in [0.15, 0.2) is 0 Å². The summed E-state index contributed by atoms with van der Waals surface area (Å²) in [5.41, 5.74) is 2.75. The number of amides is 1. The number of nitrogens with zero attached hydrogens (tertiary/aromatic N) is 3. The minimum Gasteiger partial charge on any atom is -0.497 e. The molecule has 1 unspecified atom stereocenters. The van der Waals surface area contributed by atoms with Crippen LogP contribution in [0.25, 0.3) is 21.5 Å². The van der Waals surface area contributed by atoms with Crippen molar-refractivity contribution < 1.29 is 13.9 Å². The molecular formula is C23H21FN4O2S. The van der Waals surface area contributed by atoms with Gasteiger partial charge in [-0.3, -0.25) is 4.79 Å². The van der Waals surface area contributed by atoms with Crippen molar-refractivity contribution in [2.24, 2.45) is 0 Å². The van der Waals surface area contributed by atoms with E-state index in [-0.39, 0.29) is 17.8 Å². The highest BCUT2D eigenvalue weighted by Crippen LogP contribution is 2.37. The molecule has 2 aromatic carbocycles. The number of benzene rings is 2. The SMILES string of the molecule is COc1ccc2nc(C3CCCN3C(=O)c3nc(C)sc3-c3cccc(F)c3)[nH]c2c1. The number of thiazole rings is 1. The van der Waals surface area contributed by atoms with E-state index in [4.69, 9.17) is 9.72 Å². The smallest absolute Gasteiger partial charge is 0.274 e. The Kier molecular flexibility index (Phi) is 4.94. The van der Waals surface area contributed by atoms with Crippen molar-refractivity contribution >= 4 is 28.3 Å². The molecule has 1 amide bonds. The van der Waals surface area contributed by atoms with Crippen molar-refractivity contribution in [3.8, 4) is 16.2 Å². The molecule has 2 aromatic heterocycles. The van der Waals surface area contributed by atoms with Crippen molar-refractivity contribution in [2.45, 2.75) is 25.8 Å². The first-order chi connectivity index (χ1) is 15.0. The van der Waals surface area contributed by atoms with E-state index in [1.165, 1.54) is 23.5 Å². The molecule has 5 rings (SSSR count). The summed E-state index contributed by atoms with van der Waals surface area (Å²) in [6.45, 7) is 2.49. The molecule has 1 aliphatic rings. The molecule has 0 bridgehead atoms. The third-order valence-corrected chi connectivity index (χ3v) is 6.58. The molecule has 0 saturated carbocycles. The summed E-state index contributed by atoms with van der Waals surface area (Å²) >= 11 is 1.41. The molecule has 3 heterocycles. The number of ether oxygens (including phenoxy) is 1. The fourth-order valence-electron chi connectivity index (χ4n) is 4.12. The molecule has 1 saturated heterocycles. The van der Waals surface area contributed by atoms with Crippen LogP contribution in [0.3, 0.4) is 0 Å². The molecule has 1 N–H and O–H groups in total. The number of hydrogen-bond donors (Lipinski definition) is 1. The van der Waals surface area contributed by atoms with Crippen LogP contribution in [0.2, 0.25) is 0 Å². The fraction of sp³-hybridized carbons (Fsp3) is 0.261. The van der Waals surface area contributed by atoms with Crippen LogP contribution in [0.5, 0.6) is 5.75 Å². The second-order valence-electron chi connectivity index (χ2n) is 7.58. The molecule has 4 aromatic rings. The number of aryl methyl sites for hydroxylation is 1. The highest BCUT2D eigenvalue weighted by molar-refractivity contribution is 7.15. The number of aromatic nitrogens is 3. The number of nitrogens with one attached hydrogen (secondary N) is 1. The van der Waals surface area contributed by atoms with Gasteiger partial charge in [0.2, 0.25) is 0 Å². The maximum Gasteiger partial charge on any atom is 0.274 e. The van der Waals surface area contributed by atoms with E-state index in [0.717, 1.165) is 40.5 Å². The predicted octanol–water partition coefficient (Wildman–Crippen LogP) is 5.12. The lowest BCUT2D eigenvalue weighted by atomic mass is 10.1. The maximum absolute atomic E-state index is 13.8.